The Hall–Kier alpha value is -5.28. The summed E-state index contributed by atoms with van der Waals surface area (Å²) >= 11 is 0. The first-order valence-electron chi connectivity index (χ1n) is 17.3. The second-order valence-corrected chi connectivity index (χ2v) is 16.3. The predicted octanol–water partition coefficient (Wildman–Crippen LogP) is 6.60. The molecule has 0 spiro atoms. The number of hydrogen-bond acceptors (Lipinski definition) is 10. The van der Waals surface area contributed by atoms with Gasteiger partial charge in [-0.25, -0.2) is 4.98 Å². The van der Waals surface area contributed by atoms with Gasteiger partial charge in [-0.2, -0.15) is 0 Å². The van der Waals surface area contributed by atoms with Crippen molar-refractivity contribution >= 4 is 74.8 Å². The topological polar surface area (TPSA) is 156 Å². The molecule has 4 aromatic rings. The van der Waals surface area contributed by atoms with Crippen LogP contribution in [0.4, 0.5) is 22.9 Å². The number of aryl methyl sites for hydroxylation is 2. The average Bonchev–Trinajstić information content (AvgIpc) is 3.64. The molecule has 4 heterocycles. The first kappa shape index (κ1) is 39.9. The van der Waals surface area contributed by atoms with Crippen molar-refractivity contribution in [2.24, 2.45) is 12.0 Å². The van der Waals surface area contributed by atoms with Gasteiger partial charge in [-0.05, 0) is 69.3 Å². The number of hydrogen-bond donors (Lipinski definition) is 3. The molecule has 54 heavy (non-hydrogen) atoms. The number of nitrogens with zero attached hydrogens (tertiary/aromatic N) is 4. The van der Waals surface area contributed by atoms with E-state index in [9.17, 15) is 19.2 Å². The smallest absolute Gasteiger partial charge is 0.274 e. The predicted molar refractivity (Wildman–Crippen MR) is 217 cm³/mol. The van der Waals surface area contributed by atoms with Gasteiger partial charge in [0.1, 0.15) is 11.5 Å². The molecule has 15 heteroatoms. The zero-order valence-corrected chi connectivity index (χ0v) is 32.8. The maximum absolute atomic E-state index is 13.6. The van der Waals surface area contributed by atoms with Crippen molar-refractivity contribution in [3.05, 3.63) is 89.4 Å². The summed E-state index contributed by atoms with van der Waals surface area (Å²) in [7, 11) is 6.90. The minimum Gasteiger partial charge on any atom is -0.493 e. The maximum Gasteiger partial charge on any atom is 0.274 e. The molecule has 0 aliphatic carbocycles. The highest BCUT2D eigenvalue weighted by molar-refractivity contribution is 8.77. The summed E-state index contributed by atoms with van der Waals surface area (Å²) < 4.78 is 13.6. The summed E-state index contributed by atoms with van der Waals surface area (Å²) in [4.78, 5) is 59.5. The molecule has 2 aromatic carbocycles. The summed E-state index contributed by atoms with van der Waals surface area (Å²) in [6, 6.07) is 17.8. The molecule has 0 saturated carbocycles. The Morgan fingerprint density at radius 1 is 1.07 bits per heavy atom. The average molecular weight is 772 g/mol. The molecule has 0 bridgehead atoms. The van der Waals surface area contributed by atoms with Crippen molar-refractivity contribution in [1.29, 1.82) is 0 Å². The monoisotopic (exact) mass is 771 g/mol. The van der Waals surface area contributed by atoms with Crippen LogP contribution in [0.5, 0.6) is 11.5 Å². The number of benzene rings is 2. The third kappa shape index (κ3) is 10.0. The molecular weight excluding hydrogens is 727 g/mol. The number of aliphatic imine (C=N–C) groups is 1. The number of fused-ring (bicyclic) bond motifs is 4. The Morgan fingerprint density at radius 2 is 1.87 bits per heavy atom. The first-order chi connectivity index (χ1) is 25.9. The van der Waals surface area contributed by atoms with Crippen LogP contribution in [0.1, 0.15) is 58.8 Å². The van der Waals surface area contributed by atoms with E-state index in [2.05, 4.69) is 39.8 Å². The molecule has 4 amide bonds. The SMILES string of the molecule is COc1cc2c(cc1OCCCC(=O)Nc1cccc(C(=O)Nc3cc(C)n(C)c3)n1)N=CC1Cc3ccccc3N1C2=O.CSSC(C)(C)CNC=O. The lowest BCUT2D eigenvalue weighted by Gasteiger charge is -2.22. The van der Waals surface area contributed by atoms with E-state index in [-0.39, 0.29) is 53.0 Å². The van der Waals surface area contributed by atoms with Gasteiger partial charge in [0.05, 0.1) is 36.7 Å². The van der Waals surface area contributed by atoms with Crippen LogP contribution in [-0.4, -0.2) is 77.2 Å². The second kappa shape index (κ2) is 18.2. The van der Waals surface area contributed by atoms with Crippen LogP contribution >= 0.6 is 21.6 Å². The molecule has 0 saturated heterocycles. The summed E-state index contributed by atoms with van der Waals surface area (Å²) in [6.45, 7) is 7.10. The molecule has 3 N–H and O–H groups in total. The van der Waals surface area contributed by atoms with E-state index in [1.54, 1.807) is 63.0 Å². The molecule has 6 rings (SSSR count). The summed E-state index contributed by atoms with van der Waals surface area (Å²) in [5.74, 6) is 0.360. The van der Waals surface area contributed by atoms with Gasteiger partial charge in [0, 0.05) is 61.0 Å². The number of para-hydroxylation sites is 1. The standard InChI is InChI=1S/C33H32N6O5.C6H13NOS2/c1-20-14-22(19-38(20)2)35-32(41)25-9-6-11-30(36-25)37-31(40)12-7-13-44-29-17-26-24(16-28(29)43-3)33(42)39-23(18-34-26)15-21-8-4-5-10-27(21)39;1-6(2,10-9-3)4-7-5-8/h4-6,8-11,14,16-19,23H,7,12-13,15H2,1-3H3,(H,35,41)(H,36,37,40);5H,4H2,1-3H3,(H,7,8). The normalized spacial score (nSPS) is 14.1. The van der Waals surface area contributed by atoms with Crippen LogP contribution in [0.25, 0.3) is 0 Å². The zero-order valence-electron chi connectivity index (χ0n) is 31.2. The number of pyridine rings is 1. The lowest BCUT2D eigenvalue weighted by molar-refractivity contribution is -0.116. The number of anilines is 3. The quantitative estimate of drug-likeness (QED) is 0.0731. The number of amides is 4. The molecule has 0 fully saturated rings. The van der Waals surface area contributed by atoms with Crippen LogP contribution < -0.4 is 30.3 Å². The molecule has 2 aliphatic heterocycles. The number of aromatic nitrogens is 2. The van der Waals surface area contributed by atoms with Crippen molar-refractivity contribution in [1.82, 2.24) is 14.9 Å². The van der Waals surface area contributed by atoms with Gasteiger partial charge in [-0.1, -0.05) is 45.9 Å². The van der Waals surface area contributed by atoms with Gasteiger partial charge in [0.2, 0.25) is 12.3 Å². The highest BCUT2D eigenvalue weighted by atomic mass is 33.1. The summed E-state index contributed by atoms with van der Waals surface area (Å²) in [5, 5.41) is 8.21. The van der Waals surface area contributed by atoms with Crippen LogP contribution in [-0.2, 0) is 23.1 Å². The third-order valence-electron chi connectivity index (χ3n) is 8.62. The van der Waals surface area contributed by atoms with Gasteiger partial charge >= 0.3 is 0 Å². The fourth-order valence-electron chi connectivity index (χ4n) is 5.92. The summed E-state index contributed by atoms with van der Waals surface area (Å²) in [5.41, 5.74) is 4.82. The molecule has 1 atom stereocenters. The first-order valence-corrected chi connectivity index (χ1v) is 19.9. The van der Waals surface area contributed by atoms with Crippen LogP contribution in [0.2, 0.25) is 0 Å². The van der Waals surface area contributed by atoms with Gasteiger partial charge < -0.3 is 30.0 Å². The fourth-order valence-corrected chi connectivity index (χ4v) is 8.04. The van der Waals surface area contributed by atoms with Crippen LogP contribution in [0.3, 0.4) is 0 Å². The highest BCUT2D eigenvalue weighted by Gasteiger charge is 2.36. The van der Waals surface area contributed by atoms with E-state index in [0.29, 0.717) is 41.3 Å². The minimum atomic E-state index is -0.369. The fraction of sp³-hybridized carbons (Fsp3) is 0.333. The van der Waals surface area contributed by atoms with Gasteiger partial charge in [-0.3, -0.25) is 29.1 Å². The second-order valence-electron chi connectivity index (χ2n) is 13.2. The molecule has 13 nitrogen and oxygen atoms in total. The van der Waals surface area contributed by atoms with Crippen LogP contribution in [0, 0.1) is 6.92 Å². The van der Waals surface area contributed by atoms with Crippen molar-refractivity contribution in [2.45, 2.75) is 50.8 Å². The van der Waals surface area contributed by atoms with Gasteiger partial charge in [0.15, 0.2) is 11.5 Å². The Labute approximate surface area is 323 Å². The largest absolute Gasteiger partial charge is 0.493 e. The number of nitrogens with one attached hydrogen (secondary N) is 3. The Morgan fingerprint density at radius 3 is 2.59 bits per heavy atom. The van der Waals surface area contributed by atoms with E-state index in [0.717, 1.165) is 29.9 Å². The summed E-state index contributed by atoms with van der Waals surface area (Å²) in [6.07, 6.45) is 7.68. The van der Waals surface area contributed by atoms with Crippen LogP contribution in [0.15, 0.2) is 71.9 Å². The van der Waals surface area contributed by atoms with Crippen molar-refractivity contribution in [3.8, 4) is 11.5 Å². The van der Waals surface area contributed by atoms with E-state index in [1.165, 1.54) is 7.11 Å². The maximum atomic E-state index is 13.6. The molecule has 2 aromatic heterocycles. The number of carbonyl (C=O) groups is 4. The highest BCUT2D eigenvalue weighted by Crippen LogP contribution is 2.41. The Kier molecular flexibility index (Phi) is 13.4. The number of ether oxygens (including phenoxy) is 2. The molecule has 2 aliphatic rings. The van der Waals surface area contributed by atoms with Crippen molar-refractivity contribution in [2.75, 3.05) is 42.1 Å². The molecule has 0 radical (unpaired) electrons. The lowest BCUT2D eigenvalue weighted by Crippen LogP contribution is -2.37. The number of rotatable bonds is 14. The van der Waals surface area contributed by atoms with Crippen molar-refractivity contribution < 1.29 is 28.7 Å². The molecular formula is C39H45N7O6S2. The van der Waals surface area contributed by atoms with E-state index >= 15 is 0 Å². The Bertz CT molecular complexity index is 2010. The van der Waals surface area contributed by atoms with Gasteiger partial charge in [-0.15, -0.1) is 0 Å². The van der Waals surface area contributed by atoms with Crippen molar-refractivity contribution in [3.63, 3.8) is 0 Å². The Balaban J connectivity index is 0.000000493. The van der Waals surface area contributed by atoms with E-state index < -0.39 is 0 Å². The number of methoxy groups -OCH3 is 1. The van der Waals surface area contributed by atoms with E-state index in [1.807, 2.05) is 61.3 Å². The molecule has 1 unspecified atom stereocenters. The van der Waals surface area contributed by atoms with Gasteiger partial charge in [0.25, 0.3) is 11.8 Å². The van der Waals surface area contributed by atoms with E-state index in [4.69, 9.17) is 9.47 Å². The molecule has 284 valence electrons. The minimum absolute atomic E-state index is 0.139. The number of carbonyl (C=O) groups excluding carboxylic acids is 4. The third-order valence-corrected chi connectivity index (χ3v) is 11.2. The lowest BCUT2D eigenvalue weighted by atomic mass is 10.1. The zero-order chi connectivity index (χ0) is 38.8.